The third-order valence-corrected chi connectivity index (χ3v) is 3.74. The number of carbonyl (C=O) groups is 1. The zero-order chi connectivity index (χ0) is 13.5. The van der Waals surface area contributed by atoms with Gasteiger partial charge in [-0.3, -0.25) is 14.6 Å². The van der Waals surface area contributed by atoms with Crippen molar-refractivity contribution in [2.24, 2.45) is 5.73 Å². The van der Waals surface area contributed by atoms with Crippen LogP contribution in [0.5, 0.6) is 0 Å². The molecule has 1 aliphatic heterocycles. The third-order valence-electron chi connectivity index (χ3n) is 3.74. The lowest BCUT2D eigenvalue weighted by Crippen LogP contribution is -2.54. The van der Waals surface area contributed by atoms with Gasteiger partial charge in [0.2, 0.25) is 0 Å². The molecule has 0 aromatic heterocycles. The topological polar surface area (TPSA) is 69.8 Å². The average molecular weight is 257 g/mol. The first kappa shape index (κ1) is 15.4. The van der Waals surface area contributed by atoms with Crippen molar-refractivity contribution in [1.82, 2.24) is 9.80 Å². The van der Waals surface area contributed by atoms with Gasteiger partial charge < -0.3 is 10.8 Å². The third kappa shape index (κ3) is 4.55. The van der Waals surface area contributed by atoms with Crippen molar-refractivity contribution in [3.8, 4) is 0 Å². The molecule has 0 spiro atoms. The Bertz CT molecular complexity index is 251. The maximum Gasteiger partial charge on any atom is 0.320 e. The number of carboxylic acids is 1. The van der Waals surface area contributed by atoms with E-state index in [9.17, 15) is 9.90 Å². The Balaban J connectivity index is 2.42. The van der Waals surface area contributed by atoms with Gasteiger partial charge in [-0.15, -0.1) is 0 Å². The van der Waals surface area contributed by atoms with Crippen LogP contribution in [0.2, 0.25) is 0 Å². The molecule has 3 N–H and O–H groups in total. The van der Waals surface area contributed by atoms with Gasteiger partial charge in [-0.2, -0.15) is 0 Å². The van der Waals surface area contributed by atoms with Crippen molar-refractivity contribution in [1.29, 1.82) is 0 Å². The quantitative estimate of drug-likeness (QED) is 0.653. The summed E-state index contributed by atoms with van der Waals surface area (Å²) in [5.41, 5.74) is 5.45. The Morgan fingerprint density at radius 2 is 1.72 bits per heavy atom. The van der Waals surface area contributed by atoms with Gasteiger partial charge in [0.25, 0.3) is 0 Å². The predicted molar refractivity (Wildman–Crippen MR) is 72.6 cm³/mol. The number of rotatable bonds is 7. The normalized spacial score (nSPS) is 20.2. The van der Waals surface area contributed by atoms with Crippen LogP contribution in [0.25, 0.3) is 0 Å². The minimum absolute atomic E-state index is 0.328. The number of unbranched alkanes of at least 4 members (excludes halogenated alkanes) is 1. The summed E-state index contributed by atoms with van der Waals surface area (Å²) < 4.78 is 0. The summed E-state index contributed by atoms with van der Waals surface area (Å²) in [7, 11) is 0. The zero-order valence-electron chi connectivity index (χ0n) is 11.6. The molecule has 1 saturated heterocycles. The van der Waals surface area contributed by atoms with E-state index in [4.69, 9.17) is 5.73 Å². The second-order valence-electron chi connectivity index (χ2n) is 5.30. The molecule has 1 heterocycles. The summed E-state index contributed by atoms with van der Waals surface area (Å²) in [6, 6.07) is 0.221. The number of aliphatic carboxylic acids is 1. The molecule has 1 fully saturated rings. The molecule has 5 heteroatoms. The fraction of sp³-hybridized carbons (Fsp3) is 0.923. The number of nitrogens with zero attached hydrogens (tertiary/aromatic N) is 2. The van der Waals surface area contributed by atoms with Crippen molar-refractivity contribution in [3.63, 3.8) is 0 Å². The summed E-state index contributed by atoms with van der Waals surface area (Å²) in [4.78, 5) is 15.8. The lowest BCUT2D eigenvalue weighted by molar-refractivity contribution is -0.144. The molecule has 0 saturated carbocycles. The first-order valence-electron chi connectivity index (χ1n) is 6.97. The number of hydrogen-bond donors (Lipinski definition) is 2. The molecular weight excluding hydrogens is 230 g/mol. The average Bonchev–Trinajstić information content (AvgIpc) is 2.34. The van der Waals surface area contributed by atoms with Crippen LogP contribution in [-0.2, 0) is 4.79 Å². The van der Waals surface area contributed by atoms with E-state index in [-0.39, 0.29) is 6.04 Å². The van der Waals surface area contributed by atoms with Crippen molar-refractivity contribution in [3.05, 3.63) is 0 Å². The molecule has 1 atom stereocenters. The first-order valence-corrected chi connectivity index (χ1v) is 6.97. The number of hydrogen-bond acceptors (Lipinski definition) is 4. The SMILES string of the molecule is CC(C)N1CCN(C(CCCCN)C(=O)O)CC1. The second-order valence-corrected chi connectivity index (χ2v) is 5.30. The summed E-state index contributed by atoms with van der Waals surface area (Å²) in [6.07, 6.45) is 2.53. The summed E-state index contributed by atoms with van der Waals surface area (Å²) in [5.74, 6) is -0.690. The molecule has 0 aliphatic carbocycles. The zero-order valence-corrected chi connectivity index (χ0v) is 11.6. The van der Waals surface area contributed by atoms with E-state index in [2.05, 4.69) is 23.6 Å². The molecule has 0 radical (unpaired) electrons. The Morgan fingerprint density at radius 3 is 2.17 bits per heavy atom. The highest BCUT2D eigenvalue weighted by Crippen LogP contribution is 2.14. The van der Waals surface area contributed by atoms with Crippen LogP contribution in [0, 0.1) is 0 Å². The predicted octanol–water partition coefficient (Wildman–Crippen LogP) is 0.595. The van der Waals surface area contributed by atoms with Gasteiger partial charge in [0, 0.05) is 32.2 Å². The summed E-state index contributed by atoms with van der Waals surface area (Å²) >= 11 is 0. The van der Waals surface area contributed by atoms with Crippen molar-refractivity contribution < 1.29 is 9.90 Å². The first-order chi connectivity index (χ1) is 8.56. The van der Waals surface area contributed by atoms with Crippen LogP contribution >= 0.6 is 0 Å². The second kappa shape index (κ2) is 7.71. The molecule has 106 valence electrons. The number of piperazine rings is 1. The van der Waals surface area contributed by atoms with Crippen LogP contribution in [-0.4, -0.2) is 65.7 Å². The minimum atomic E-state index is -0.690. The van der Waals surface area contributed by atoms with Crippen molar-refractivity contribution in [2.75, 3.05) is 32.7 Å². The summed E-state index contributed by atoms with van der Waals surface area (Å²) in [5, 5.41) is 9.31. The van der Waals surface area contributed by atoms with Crippen LogP contribution in [0.3, 0.4) is 0 Å². The van der Waals surface area contributed by atoms with Gasteiger partial charge in [-0.25, -0.2) is 0 Å². The van der Waals surface area contributed by atoms with Gasteiger partial charge in [-0.05, 0) is 33.2 Å². The van der Waals surface area contributed by atoms with Gasteiger partial charge in [0.1, 0.15) is 6.04 Å². The lowest BCUT2D eigenvalue weighted by Gasteiger charge is -2.39. The van der Waals surface area contributed by atoms with E-state index in [0.717, 1.165) is 39.0 Å². The minimum Gasteiger partial charge on any atom is -0.480 e. The summed E-state index contributed by atoms with van der Waals surface area (Å²) in [6.45, 7) is 8.68. The maximum atomic E-state index is 11.3. The van der Waals surface area contributed by atoms with Crippen LogP contribution < -0.4 is 5.73 Å². The molecule has 0 amide bonds. The standard InChI is InChI=1S/C13H27N3O2/c1-11(2)15-7-9-16(10-8-15)12(13(17)18)5-3-4-6-14/h11-12H,3-10,14H2,1-2H3,(H,17,18). The Labute approximate surface area is 110 Å². The monoisotopic (exact) mass is 257 g/mol. The van der Waals surface area contributed by atoms with E-state index >= 15 is 0 Å². The highest BCUT2D eigenvalue weighted by molar-refractivity contribution is 5.73. The molecule has 0 bridgehead atoms. The van der Waals surface area contributed by atoms with Gasteiger partial charge >= 0.3 is 5.97 Å². The van der Waals surface area contributed by atoms with Crippen LogP contribution in [0.15, 0.2) is 0 Å². The van der Waals surface area contributed by atoms with Gasteiger partial charge in [0.15, 0.2) is 0 Å². The maximum absolute atomic E-state index is 11.3. The highest BCUT2D eigenvalue weighted by atomic mass is 16.4. The molecule has 1 unspecified atom stereocenters. The molecule has 18 heavy (non-hydrogen) atoms. The Morgan fingerprint density at radius 1 is 1.17 bits per heavy atom. The Hall–Kier alpha value is -0.650. The van der Waals surface area contributed by atoms with Gasteiger partial charge in [-0.1, -0.05) is 6.42 Å². The van der Waals surface area contributed by atoms with Crippen molar-refractivity contribution >= 4 is 5.97 Å². The molecule has 0 aromatic carbocycles. The van der Waals surface area contributed by atoms with E-state index in [1.54, 1.807) is 0 Å². The fourth-order valence-corrected chi connectivity index (χ4v) is 2.51. The molecule has 1 aliphatic rings. The van der Waals surface area contributed by atoms with Crippen LogP contribution in [0.1, 0.15) is 33.1 Å². The molecular formula is C13H27N3O2. The van der Waals surface area contributed by atoms with E-state index in [1.807, 2.05) is 0 Å². The van der Waals surface area contributed by atoms with E-state index < -0.39 is 5.97 Å². The lowest BCUT2D eigenvalue weighted by atomic mass is 10.1. The fourth-order valence-electron chi connectivity index (χ4n) is 2.51. The van der Waals surface area contributed by atoms with E-state index in [0.29, 0.717) is 19.0 Å². The highest BCUT2D eigenvalue weighted by Gasteiger charge is 2.28. The Kier molecular flexibility index (Phi) is 6.60. The van der Waals surface area contributed by atoms with Gasteiger partial charge in [0.05, 0.1) is 0 Å². The molecule has 0 aromatic rings. The number of carboxylic acid groups (broad SMARTS) is 1. The van der Waals surface area contributed by atoms with E-state index in [1.165, 1.54) is 0 Å². The number of nitrogens with two attached hydrogens (primary N) is 1. The molecule has 1 rings (SSSR count). The molecule has 5 nitrogen and oxygen atoms in total. The smallest absolute Gasteiger partial charge is 0.320 e. The van der Waals surface area contributed by atoms with Crippen molar-refractivity contribution in [2.45, 2.75) is 45.2 Å². The largest absolute Gasteiger partial charge is 0.480 e. The van der Waals surface area contributed by atoms with Crippen LogP contribution in [0.4, 0.5) is 0 Å².